The van der Waals surface area contributed by atoms with Crippen LogP contribution in [0.2, 0.25) is 0 Å². The smallest absolute Gasteiger partial charge is 0.406 e. The zero-order chi connectivity index (χ0) is 14.6. The van der Waals surface area contributed by atoms with Gasteiger partial charge in [-0.2, -0.15) is 0 Å². The summed E-state index contributed by atoms with van der Waals surface area (Å²) in [5.74, 6) is -0.199. The van der Waals surface area contributed by atoms with E-state index in [0.29, 0.717) is 12.8 Å². The molecule has 20 heavy (non-hydrogen) atoms. The van der Waals surface area contributed by atoms with Crippen LogP contribution in [0.3, 0.4) is 0 Å². The number of halogens is 4. The highest BCUT2D eigenvalue weighted by atomic mass is 79.9. The summed E-state index contributed by atoms with van der Waals surface area (Å²) in [7, 11) is 0. The number of benzene rings is 1. The predicted octanol–water partition coefficient (Wildman–Crippen LogP) is 4.53. The van der Waals surface area contributed by atoms with E-state index in [0.717, 1.165) is 15.7 Å². The number of rotatable bonds is 4. The van der Waals surface area contributed by atoms with Gasteiger partial charge in [0.15, 0.2) is 0 Å². The Morgan fingerprint density at radius 3 is 2.60 bits per heavy atom. The summed E-state index contributed by atoms with van der Waals surface area (Å²) in [5, 5.41) is 0. The third-order valence-electron chi connectivity index (χ3n) is 2.62. The van der Waals surface area contributed by atoms with Crippen molar-refractivity contribution in [3.8, 4) is 5.75 Å². The van der Waals surface area contributed by atoms with E-state index in [1.807, 2.05) is 12.1 Å². The molecular weight excluding hydrogens is 335 g/mol. The fraction of sp³-hybridized carbons (Fsp3) is 0.214. The van der Waals surface area contributed by atoms with Crippen molar-refractivity contribution in [1.82, 2.24) is 4.98 Å². The number of nitrogens with zero attached hydrogens (tertiary/aromatic N) is 1. The van der Waals surface area contributed by atoms with Crippen LogP contribution in [-0.2, 0) is 12.8 Å². The lowest BCUT2D eigenvalue weighted by atomic mass is 10.1. The van der Waals surface area contributed by atoms with Crippen LogP contribution in [0.4, 0.5) is 13.2 Å². The molecule has 0 aliphatic heterocycles. The van der Waals surface area contributed by atoms with E-state index in [4.69, 9.17) is 0 Å². The summed E-state index contributed by atoms with van der Waals surface area (Å²) >= 11 is 3.39. The normalized spacial score (nSPS) is 11.4. The second-order valence-corrected chi connectivity index (χ2v) is 4.98. The Bertz CT molecular complexity index is 587. The minimum Gasteiger partial charge on any atom is -0.406 e. The third-order valence-corrected chi connectivity index (χ3v) is 3.34. The second kappa shape index (κ2) is 6.26. The van der Waals surface area contributed by atoms with Gasteiger partial charge in [-0.15, -0.1) is 13.2 Å². The van der Waals surface area contributed by atoms with Crippen LogP contribution >= 0.6 is 15.9 Å². The van der Waals surface area contributed by atoms with Gasteiger partial charge in [-0.1, -0.05) is 12.1 Å². The van der Waals surface area contributed by atoms with Gasteiger partial charge in [-0.3, -0.25) is 4.98 Å². The Morgan fingerprint density at radius 2 is 1.90 bits per heavy atom. The monoisotopic (exact) mass is 345 g/mol. The van der Waals surface area contributed by atoms with Crippen molar-refractivity contribution in [2.24, 2.45) is 0 Å². The minimum absolute atomic E-state index is 0.199. The molecule has 2 nitrogen and oxygen atoms in total. The molecule has 6 heteroatoms. The second-order valence-electron chi connectivity index (χ2n) is 4.13. The molecule has 0 amide bonds. The lowest BCUT2D eigenvalue weighted by Crippen LogP contribution is -2.17. The highest BCUT2D eigenvalue weighted by Gasteiger charge is 2.31. The molecular formula is C14H11BrF3NO. The number of alkyl halides is 3. The maximum absolute atomic E-state index is 12.1. The Labute approximate surface area is 122 Å². The van der Waals surface area contributed by atoms with Gasteiger partial charge in [0.25, 0.3) is 0 Å². The molecule has 0 fully saturated rings. The molecule has 2 rings (SSSR count). The summed E-state index contributed by atoms with van der Waals surface area (Å²) in [6.45, 7) is 0. The third kappa shape index (κ3) is 4.52. The highest BCUT2D eigenvalue weighted by molar-refractivity contribution is 9.10. The molecule has 0 N–H and O–H groups in total. The van der Waals surface area contributed by atoms with Gasteiger partial charge in [0.1, 0.15) is 5.75 Å². The van der Waals surface area contributed by atoms with E-state index >= 15 is 0 Å². The fourth-order valence-corrected chi connectivity index (χ4v) is 2.22. The maximum Gasteiger partial charge on any atom is 0.573 e. The quantitative estimate of drug-likeness (QED) is 0.812. The molecule has 0 saturated heterocycles. The largest absolute Gasteiger partial charge is 0.573 e. The zero-order valence-corrected chi connectivity index (χ0v) is 11.9. The summed E-state index contributed by atoms with van der Waals surface area (Å²) in [4.78, 5) is 4.22. The molecule has 1 aromatic carbocycles. The molecule has 0 radical (unpaired) electrons. The Morgan fingerprint density at radius 1 is 1.10 bits per heavy atom. The SMILES string of the molecule is FC(F)(F)Oc1cccc(CCc2ncccc2Br)c1. The van der Waals surface area contributed by atoms with Gasteiger partial charge in [0, 0.05) is 10.7 Å². The van der Waals surface area contributed by atoms with E-state index in [2.05, 4.69) is 25.7 Å². The van der Waals surface area contributed by atoms with Crippen molar-refractivity contribution in [2.75, 3.05) is 0 Å². The van der Waals surface area contributed by atoms with Crippen LogP contribution in [0.1, 0.15) is 11.3 Å². The standard InChI is InChI=1S/C14H11BrF3NO/c15-12-5-2-8-19-13(12)7-6-10-3-1-4-11(9-10)20-14(16,17)18/h1-5,8-9H,6-7H2. The predicted molar refractivity (Wildman–Crippen MR) is 72.5 cm³/mol. The molecule has 0 spiro atoms. The Balaban J connectivity index is 2.03. The van der Waals surface area contributed by atoms with Crippen molar-refractivity contribution in [1.29, 1.82) is 0 Å². The number of aromatic nitrogens is 1. The minimum atomic E-state index is -4.66. The first-order chi connectivity index (χ1) is 9.44. The topological polar surface area (TPSA) is 22.1 Å². The van der Waals surface area contributed by atoms with Crippen LogP contribution in [0.25, 0.3) is 0 Å². The molecule has 0 atom stereocenters. The number of hydrogen-bond acceptors (Lipinski definition) is 2. The molecule has 0 aliphatic rings. The first kappa shape index (κ1) is 14.8. The summed E-state index contributed by atoms with van der Waals surface area (Å²) in [6, 6.07) is 9.68. The number of ether oxygens (including phenoxy) is 1. The van der Waals surface area contributed by atoms with Crippen molar-refractivity contribution in [3.05, 3.63) is 58.3 Å². The fourth-order valence-electron chi connectivity index (χ4n) is 1.76. The lowest BCUT2D eigenvalue weighted by molar-refractivity contribution is -0.274. The van der Waals surface area contributed by atoms with E-state index in [1.54, 1.807) is 18.3 Å². The summed E-state index contributed by atoms with van der Waals surface area (Å²) < 4.78 is 41.2. The molecule has 1 heterocycles. The average molecular weight is 346 g/mol. The van der Waals surface area contributed by atoms with Crippen LogP contribution in [0, 0.1) is 0 Å². The van der Waals surface area contributed by atoms with Gasteiger partial charge >= 0.3 is 6.36 Å². The van der Waals surface area contributed by atoms with Gasteiger partial charge in [-0.25, -0.2) is 0 Å². The summed E-state index contributed by atoms with van der Waals surface area (Å²) in [6.07, 6.45) is -1.76. The lowest BCUT2D eigenvalue weighted by Gasteiger charge is -2.10. The van der Waals surface area contributed by atoms with Crippen LogP contribution in [0.5, 0.6) is 5.75 Å². The molecule has 0 bridgehead atoms. The maximum atomic E-state index is 12.1. The van der Waals surface area contributed by atoms with Gasteiger partial charge in [0.2, 0.25) is 0 Å². The Kier molecular flexibility index (Phi) is 4.65. The van der Waals surface area contributed by atoms with Gasteiger partial charge < -0.3 is 4.74 Å². The zero-order valence-electron chi connectivity index (χ0n) is 10.3. The molecule has 1 aromatic heterocycles. The van der Waals surface area contributed by atoms with Crippen molar-refractivity contribution < 1.29 is 17.9 Å². The van der Waals surface area contributed by atoms with E-state index < -0.39 is 6.36 Å². The van der Waals surface area contributed by atoms with Gasteiger partial charge in [-0.05, 0) is 58.6 Å². The molecule has 0 aliphatic carbocycles. The molecule has 0 unspecified atom stereocenters. The first-order valence-electron chi connectivity index (χ1n) is 5.88. The Hall–Kier alpha value is -1.56. The summed E-state index contributed by atoms with van der Waals surface area (Å²) in [5.41, 5.74) is 1.64. The van der Waals surface area contributed by atoms with Gasteiger partial charge in [0.05, 0.1) is 5.69 Å². The number of aryl methyl sites for hydroxylation is 2. The van der Waals surface area contributed by atoms with Crippen LogP contribution < -0.4 is 4.74 Å². The highest BCUT2D eigenvalue weighted by Crippen LogP contribution is 2.24. The van der Waals surface area contributed by atoms with Crippen molar-refractivity contribution in [3.63, 3.8) is 0 Å². The molecule has 2 aromatic rings. The van der Waals surface area contributed by atoms with Crippen molar-refractivity contribution >= 4 is 15.9 Å². The van der Waals surface area contributed by atoms with Crippen LogP contribution in [-0.4, -0.2) is 11.3 Å². The van der Waals surface area contributed by atoms with E-state index in [1.165, 1.54) is 12.1 Å². The van der Waals surface area contributed by atoms with Crippen molar-refractivity contribution in [2.45, 2.75) is 19.2 Å². The molecule has 106 valence electrons. The van der Waals surface area contributed by atoms with E-state index in [9.17, 15) is 13.2 Å². The number of pyridine rings is 1. The number of hydrogen-bond donors (Lipinski definition) is 0. The average Bonchev–Trinajstić information content (AvgIpc) is 2.36. The molecule has 0 saturated carbocycles. The van der Waals surface area contributed by atoms with Crippen LogP contribution in [0.15, 0.2) is 47.1 Å². The van der Waals surface area contributed by atoms with E-state index in [-0.39, 0.29) is 5.75 Å². The first-order valence-corrected chi connectivity index (χ1v) is 6.67.